The number of hydrogen-bond donors (Lipinski definition) is 2. The van der Waals surface area contributed by atoms with E-state index in [9.17, 15) is 4.79 Å². The minimum atomic E-state index is -0.309. The molecule has 1 aromatic rings. The van der Waals surface area contributed by atoms with Crippen molar-refractivity contribution in [2.75, 3.05) is 18.9 Å². The average molecular weight is 274 g/mol. The van der Waals surface area contributed by atoms with Gasteiger partial charge in [0.25, 0.3) is 0 Å². The highest BCUT2D eigenvalue weighted by Gasteiger charge is 2.51. The van der Waals surface area contributed by atoms with E-state index in [1.54, 1.807) is 0 Å². The second kappa shape index (κ2) is 5.09. The van der Waals surface area contributed by atoms with Crippen LogP contribution in [0.2, 0.25) is 0 Å². The maximum Gasteiger partial charge on any atom is 0.230 e. The van der Waals surface area contributed by atoms with Crippen molar-refractivity contribution in [2.24, 2.45) is 5.92 Å². The first-order valence-electron chi connectivity index (χ1n) is 7.38. The van der Waals surface area contributed by atoms with E-state index in [0.717, 1.165) is 43.7 Å². The van der Waals surface area contributed by atoms with Gasteiger partial charge in [-0.3, -0.25) is 4.79 Å². The Balaban J connectivity index is 1.63. The molecule has 0 spiro atoms. The molecule has 20 heavy (non-hydrogen) atoms. The normalized spacial score (nSPS) is 27.2. The van der Waals surface area contributed by atoms with Crippen molar-refractivity contribution >= 4 is 11.6 Å². The number of amides is 1. The molecule has 0 bridgehead atoms. The van der Waals surface area contributed by atoms with Gasteiger partial charge in [0.15, 0.2) is 0 Å². The van der Waals surface area contributed by atoms with Gasteiger partial charge in [-0.05, 0) is 43.9 Å². The fourth-order valence-corrected chi connectivity index (χ4v) is 3.01. The van der Waals surface area contributed by atoms with Gasteiger partial charge in [-0.2, -0.15) is 0 Å². The van der Waals surface area contributed by atoms with E-state index < -0.39 is 0 Å². The number of carbonyl (C=O) groups excluding carboxylic acids is 1. The summed E-state index contributed by atoms with van der Waals surface area (Å²) in [4.78, 5) is 12.5. The number of carbonyl (C=O) groups is 1. The molecule has 1 saturated heterocycles. The summed E-state index contributed by atoms with van der Waals surface area (Å²) in [6.45, 7) is 3.61. The summed E-state index contributed by atoms with van der Waals surface area (Å²) in [7, 11) is 0. The molecule has 1 amide bonds. The Kier molecular flexibility index (Phi) is 3.42. The Hall–Kier alpha value is -1.55. The third kappa shape index (κ3) is 2.40. The monoisotopic (exact) mass is 274 g/mol. The summed E-state index contributed by atoms with van der Waals surface area (Å²) >= 11 is 0. The van der Waals surface area contributed by atoms with Gasteiger partial charge in [0.1, 0.15) is 0 Å². The van der Waals surface area contributed by atoms with Crippen molar-refractivity contribution < 1.29 is 9.53 Å². The fraction of sp³-hybridized carbons (Fsp3) is 0.562. The first kappa shape index (κ1) is 13.4. The predicted molar refractivity (Wildman–Crippen MR) is 78.3 cm³/mol. The molecule has 1 aliphatic heterocycles. The molecule has 4 nitrogen and oxygen atoms in total. The number of nitrogens with two attached hydrogens (primary N) is 1. The van der Waals surface area contributed by atoms with Crippen LogP contribution in [0.15, 0.2) is 24.3 Å². The van der Waals surface area contributed by atoms with Gasteiger partial charge in [-0.1, -0.05) is 12.1 Å². The van der Waals surface area contributed by atoms with Crippen molar-refractivity contribution in [3.8, 4) is 0 Å². The lowest BCUT2D eigenvalue weighted by Crippen LogP contribution is -2.38. The minimum absolute atomic E-state index is 0.154. The van der Waals surface area contributed by atoms with E-state index in [2.05, 4.69) is 12.2 Å². The summed E-state index contributed by atoms with van der Waals surface area (Å²) in [6.07, 6.45) is 3.15. The van der Waals surface area contributed by atoms with Crippen LogP contribution in [-0.4, -0.2) is 25.2 Å². The van der Waals surface area contributed by atoms with Crippen molar-refractivity contribution in [3.63, 3.8) is 0 Å². The van der Waals surface area contributed by atoms with Crippen molar-refractivity contribution in [1.82, 2.24) is 5.32 Å². The number of hydrogen-bond acceptors (Lipinski definition) is 3. The molecule has 108 valence electrons. The number of benzene rings is 1. The zero-order chi connectivity index (χ0) is 14.2. The van der Waals surface area contributed by atoms with Gasteiger partial charge in [0.05, 0.1) is 11.5 Å². The van der Waals surface area contributed by atoms with Crippen LogP contribution < -0.4 is 11.1 Å². The van der Waals surface area contributed by atoms with E-state index in [4.69, 9.17) is 10.5 Å². The summed E-state index contributed by atoms with van der Waals surface area (Å²) < 4.78 is 5.53. The topological polar surface area (TPSA) is 64.3 Å². The molecule has 1 saturated carbocycles. The van der Waals surface area contributed by atoms with Gasteiger partial charge in [-0.25, -0.2) is 0 Å². The van der Waals surface area contributed by atoms with E-state index in [-0.39, 0.29) is 17.4 Å². The van der Waals surface area contributed by atoms with Crippen LogP contribution >= 0.6 is 0 Å². The molecule has 1 aliphatic carbocycles. The van der Waals surface area contributed by atoms with Gasteiger partial charge < -0.3 is 15.8 Å². The second-order valence-corrected chi connectivity index (χ2v) is 6.04. The SMILES string of the molecule is CC1OCCC1CNC(=O)C1(c2ccc(N)cc2)CC1. The third-order valence-corrected chi connectivity index (χ3v) is 4.71. The molecular weight excluding hydrogens is 252 g/mol. The molecular formula is C16H22N2O2. The summed E-state index contributed by atoms with van der Waals surface area (Å²) in [5.41, 5.74) is 7.22. The Labute approximate surface area is 119 Å². The van der Waals surface area contributed by atoms with Crippen LogP contribution in [-0.2, 0) is 14.9 Å². The zero-order valence-electron chi connectivity index (χ0n) is 11.9. The number of rotatable bonds is 4. The molecule has 2 atom stereocenters. The highest BCUT2D eigenvalue weighted by Crippen LogP contribution is 2.48. The quantitative estimate of drug-likeness (QED) is 0.823. The Morgan fingerprint density at radius 3 is 2.65 bits per heavy atom. The number of nitrogen functional groups attached to an aromatic ring is 1. The highest BCUT2D eigenvalue weighted by molar-refractivity contribution is 5.91. The maximum absolute atomic E-state index is 12.5. The molecule has 0 radical (unpaired) electrons. The van der Waals surface area contributed by atoms with Crippen LogP contribution in [0, 0.1) is 5.92 Å². The number of anilines is 1. The fourth-order valence-electron chi connectivity index (χ4n) is 3.01. The van der Waals surface area contributed by atoms with Crippen LogP contribution in [0.3, 0.4) is 0 Å². The Morgan fingerprint density at radius 2 is 2.10 bits per heavy atom. The lowest BCUT2D eigenvalue weighted by Gasteiger charge is -2.19. The molecule has 2 fully saturated rings. The molecule has 0 aromatic heterocycles. The number of ether oxygens (including phenoxy) is 1. The first-order valence-corrected chi connectivity index (χ1v) is 7.38. The van der Waals surface area contributed by atoms with Crippen molar-refractivity contribution in [1.29, 1.82) is 0 Å². The smallest absolute Gasteiger partial charge is 0.230 e. The largest absolute Gasteiger partial charge is 0.399 e. The Bertz CT molecular complexity index is 494. The van der Waals surface area contributed by atoms with Crippen LogP contribution in [0.5, 0.6) is 0 Å². The van der Waals surface area contributed by atoms with E-state index in [0.29, 0.717) is 5.92 Å². The van der Waals surface area contributed by atoms with Gasteiger partial charge in [0, 0.05) is 24.8 Å². The van der Waals surface area contributed by atoms with Crippen molar-refractivity contribution in [3.05, 3.63) is 29.8 Å². The Morgan fingerprint density at radius 1 is 1.40 bits per heavy atom. The lowest BCUT2D eigenvalue weighted by molar-refractivity contribution is -0.123. The summed E-state index contributed by atoms with van der Waals surface area (Å²) in [5.74, 6) is 0.600. The molecule has 3 N–H and O–H groups in total. The third-order valence-electron chi connectivity index (χ3n) is 4.71. The number of nitrogens with one attached hydrogen (secondary N) is 1. The van der Waals surface area contributed by atoms with Gasteiger partial charge >= 0.3 is 0 Å². The average Bonchev–Trinajstić information content (AvgIpc) is 3.15. The van der Waals surface area contributed by atoms with E-state index in [1.165, 1.54) is 0 Å². The molecule has 2 aliphatic rings. The molecule has 1 aromatic carbocycles. The van der Waals surface area contributed by atoms with Crippen molar-refractivity contribution in [2.45, 2.75) is 37.7 Å². The summed E-state index contributed by atoms with van der Waals surface area (Å²) in [5, 5.41) is 3.12. The molecule has 4 heteroatoms. The van der Waals surface area contributed by atoms with Crippen LogP contribution in [0.25, 0.3) is 0 Å². The highest BCUT2D eigenvalue weighted by atomic mass is 16.5. The van der Waals surface area contributed by atoms with Crippen LogP contribution in [0.1, 0.15) is 31.7 Å². The zero-order valence-corrected chi connectivity index (χ0v) is 11.9. The molecule has 1 heterocycles. The van der Waals surface area contributed by atoms with Gasteiger partial charge in [-0.15, -0.1) is 0 Å². The van der Waals surface area contributed by atoms with Crippen LogP contribution in [0.4, 0.5) is 5.69 Å². The minimum Gasteiger partial charge on any atom is -0.399 e. The standard InChI is InChI=1S/C16H22N2O2/c1-11-12(6-9-20-11)10-18-15(19)16(7-8-16)13-2-4-14(17)5-3-13/h2-5,11-12H,6-10,17H2,1H3,(H,18,19). The lowest BCUT2D eigenvalue weighted by atomic mass is 9.94. The second-order valence-electron chi connectivity index (χ2n) is 6.04. The predicted octanol–water partition coefficient (Wildman–Crippen LogP) is 1.84. The van der Waals surface area contributed by atoms with E-state index in [1.807, 2.05) is 24.3 Å². The summed E-state index contributed by atoms with van der Waals surface area (Å²) in [6, 6.07) is 7.69. The maximum atomic E-state index is 12.5. The molecule has 3 rings (SSSR count). The van der Waals surface area contributed by atoms with E-state index >= 15 is 0 Å². The van der Waals surface area contributed by atoms with Gasteiger partial charge in [0.2, 0.25) is 5.91 Å². The first-order chi connectivity index (χ1) is 9.62. The molecule has 2 unspecified atom stereocenters.